The summed E-state index contributed by atoms with van der Waals surface area (Å²) in [5, 5.41) is 8.83. The van der Waals surface area contributed by atoms with Crippen LogP contribution in [-0.2, 0) is 4.79 Å². The number of aromatic nitrogens is 3. The maximum Gasteiger partial charge on any atom is 0.387 e. The molecule has 2 aromatic rings. The average Bonchev–Trinajstić information content (AvgIpc) is 2.90. The predicted molar refractivity (Wildman–Crippen MR) is 78.4 cm³/mol. The Morgan fingerprint density at radius 3 is 2.78 bits per heavy atom. The third-order valence-electron chi connectivity index (χ3n) is 2.66. The lowest BCUT2D eigenvalue weighted by atomic mass is 10.2. The molecule has 0 aliphatic carbocycles. The maximum atomic E-state index is 12.2. The lowest BCUT2D eigenvalue weighted by molar-refractivity contribution is -0.111. The Balaban J connectivity index is 2.05. The van der Waals surface area contributed by atoms with E-state index in [1.54, 1.807) is 6.92 Å². The number of hydrogen-bond acceptors (Lipinski definition) is 5. The average molecular weight is 324 g/mol. The summed E-state index contributed by atoms with van der Waals surface area (Å²) >= 11 is 0. The molecule has 0 saturated carbocycles. The van der Waals surface area contributed by atoms with Crippen LogP contribution in [0.25, 0.3) is 6.08 Å². The minimum absolute atomic E-state index is 0.0831. The van der Waals surface area contributed by atoms with Crippen LogP contribution in [-0.4, -0.2) is 34.8 Å². The molecule has 1 aromatic heterocycles. The number of nitrogens with zero attached hydrogens (tertiary/aromatic N) is 2. The van der Waals surface area contributed by atoms with E-state index in [9.17, 15) is 13.6 Å². The Hall–Kier alpha value is -2.97. The Kier molecular flexibility index (Phi) is 5.23. The molecule has 0 bridgehead atoms. The molecule has 0 fully saturated rings. The first-order valence-electron chi connectivity index (χ1n) is 6.49. The number of methoxy groups -OCH3 is 1. The van der Waals surface area contributed by atoms with Gasteiger partial charge in [-0.1, -0.05) is 6.07 Å². The molecule has 2 rings (SSSR count). The Morgan fingerprint density at radius 1 is 1.39 bits per heavy atom. The van der Waals surface area contributed by atoms with Gasteiger partial charge in [-0.25, -0.2) is 0 Å². The number of ether oxygens (including phenoxy) is 2. The van der Waals surface area contributed by atoms with Gasteiger partial charge in [0.2, 0.25) is 5.95 Å². The minimum Gasteiger partial charge on any atom is -0.493 e. The van der Waals surface area contributed by atoms with Crippen molar-refractivity contribution in [3.8, 4) is 11.5 Å². The fourth-order valence-corrected chi connectivity index (χ4v) is 1.70. The number of nitrogens with one attached hydrogen (secondary N) is 2. The summed E-state index contributed by atoms with van der Waals surface area (Å²) < 4.78 is 33.8. The number of carbonyl (C=O) groups excluding carboxylic acids is 1. The van der Waals surface area contributed by atoms with Crippen LogP contribution in [0, 0.1) is 6.92 Å². The summed E-state index contributed by atoms with van der Waals surface area (Å²) in [6.45, 7) is -1.24. The van der Waals surface area contributed by atoms with Crippen molar-refractivity contribution < 1.29 is 23.0 Å². The number of benzene rings is 1. The van der Waals surface area contributed by atoms with Crippen LogP contribution in [0.3, 0.4) is 0 Å². The molecule has 0 unspecified atom stereocenters. The molecule has 122 valence electrons. The predicted octanol–water partition coefficient (Wildman–Crippen LogP) is 2.38. The molecule has 0 spiro atoms. The fourth-order valence-electron chi connectivity index (χ4n) is 1.70. The van der Waals surface area contributed by atoms with Crippen molar-refractivity contribution in [2.45, 2.75) is 13.5 Å². The zero-order chi connectivity index (χ0) is 16.8. The van der Waals surface area contributed by atoms with Crippen molar-refractivity contribution in [1.82, 2.24) is 15.2 Å². The molecule has 0 aliphatic rings. The van der Waals surface area contributed by atoms with E-state index in [4.69, 9.17) is 4.74 Å². The molecule has 1 heterocycles. The third kappa shape index (κ3) is 4.77. The van der Waals surface area contributed by atoms with Crippen LogP contribution in [0.5, 0.6) is 11.5 Å². The molecular formula is C14H14F2N4O3. The Labute approximate surface area is 130 Å². The summed E-state index contributed by atoms with van der Waals surface area (Å²) in [6.07, 6.45) is 2.75. The van der Waals surface area contributed by atoms with Crippen LogP contribution < -0.4 is 14.8 Å². The molecule has 9 heteroatoms. The molecule has 2 N–H and O–H groups in total. The van der Waals surface area contributed by atoms with Gasteiger partial charge in [-0.05, 0) is 30.7 Å². The molecule has 1 amide bonds. The maximum absolute atomic E-state index is 12.2. The molecule has 7 nitrogen and oxygen atoms in total. The summed E-state index contributed by atoms with van der Waals surface area (Å²) in [5.41, 5.74) is 0.574. The van der Waals surface area contributed by atoms with E-state index in [0.29, 0.717) is 11.4 Å². The number of alkyl halides is 2. The summed E-state index contributed by atoms with van der Waals surface area (Å²) in [5.74, 6) is 0.354. The number of aryl methyl sites for hydroxylation is 1. The zero-order valence-corrected chi connectivity index (χ0v) is 12.3. The van der Waals surface area contributed by atoms with Gasteiger partial charge in [-0.3, -0.25) is 15.2 Å². The quantitative estimate of drug-likeness (QED) is 0.796. The number of amides is 1. The number of aromatic amines is 1. The van der Waals surface area contributed by atoms with Gasteiger partial charge in [0.25, 0.3) is 5.91 Å². The topological polar surface area (TPSA) is 89.1 Å². The number of anilines is 1. The molecule has 0 aliphatic heterocycles. The van der Waals surface area contributed by atoms with Crippen molar-refractivity contribution >= 4 is 17.9 Å². The first-order valence-corrected chi connectivity index (χ1v) is 6.49. The fraction of sp³-hybridized carbons (Fsp3) is 0.214. The first-order chi connectivity index (χ1) is 11.0. The van der Waals surface area contributed by atoms with Gasteiger partial charge in [0.15, 0.2) is 11.5 Å². The number of halogens is 2. The third-order valence-corrected chi connectivity index (χ3v) is 2.66. The standard InChI is InChI=1S/C14H14F2N4O3/c1-8-17-14(20-19-8)18-12(21)6-4-9-3-5-10(23-13(15)16)11(7-9)22-2/h3-7,13H,1-2H3,(H2,17,18,19,20,21)/b6-4+. The minimum atomic E-state index is -2.94. The van der Waals surface area contributed by atoms with Crippen LogP contribution in [0.4, 0.5) is 14.7 Å². The number of hydrogen-bond donors (Lipinski definition) is 2. The van der Waals surface area contributed by atoms with Crippen molar-refractivity contribution in [2.24, 2.45) is 0 Å². The van der Waals surface area contributed by atoms with E-state index in [1.807, 2.05) is 0 Å². The highest BCUT2D eigenvalue weighted by Gasteiger charge is 2.10. The Bertz CT molecular complexity index is 716. The Morgan fingerprint density at radius 2 is 2.17 bits per heavy atom. The SMILES string of the molecule is COc1cc(/C=C/C(=O)Nc2n[nH]c(C)n2)ccc1OC(F)F. The van der Waals surface area contributed by atoms with Crippen LogP contribution in [0.15, 0.2) is 24.3 Å². The van der Waals surface area contributed by atoms with E-state index in [-0.39, 0.29) is 17.4 Å². The van der Waals surface area contributed by atoms with Gasteiger partial charge >= 0.3 is 6.61 Å². The van der Waals surface area contributed by atoms with Crippen molar-refractivity contribution in [2.75, 3.05) is 12.4 Å². The van der Waals surface area contributed by atoms with Gasteiger partial charge in [0.05, 0.1) is 7.11 Å². The van der Waals surface area contributed by atoms with E-state index in [2.05, 4.69) is 25.2 Å². The second-order valence-corrected chi connectivity index (χ2v) is 4.36. The second kappa shape index (κ2) is 7.34. The van der Waals surface area contributed by atoms with Crippen molar-refractivity contribution in [3.05, 3.63) is 35.7 Å². The van der Waals surface area contributed by atoms with E-state index >= 15 is 0 Å². The van der Waals surface area contributed by atoms with Crippen molar-refractivity contribution in [3.63, 3.8) is 0 Å². The van der Waals surface area contributed by atoms with Gasteiger partial charge < -0.3 is 9.47 Å². The largest absolute Gasteiger partial charge is 0.493 e. The summed E-state index contributed by atoms with van der Waals surface area (Å²) in [7, 11) is 1.33. The molecule has 0 atom stereocenters. The highest BCUT2D eigenvalue weighted by atomic mass is 19.3. The lowest BCUT2D eigenvalue weighted by Crippen LogP contribution is -2.09. The van der Waals surface area contributed by atoms with E-state index in [0.717, 1.165) is 0 Å². The van der Waals surface area contributed by atoms with Gasteiger partial charge in [-0.15, -0.1) is 5.10 Å². The van der Waals surface area contributed by atoms with Crippen LogP contribution >= 0.6 is 0 Å². The lowest BCUT2D eigenvalue weighted by Gasteiger charge is -2.10. The van der Waals surface area contributed by atoms with Crippen LogP contribution in [0.2, 0.25) is 0 Å². The molecule has 0 saturated heterocycles. The summed E-state index contributed by atoms with van der Waals surface area (Å²) in [4.78, 5) is 15.6. The molecule has 23 heavy (non-hydrogen) atoms. The number of H-pyrrole nitrogens is 1. The second-order valence-electron chi connectivity index (χ2n) is 4.36. The highest BCUT2D eigenvalue weighted by molar-refractivity contribution is 6.00. The molecule has 0 radical (unpaired) electrons. The smallest absolute Gasteiger partial charge is 0.387 e. The first kappa shape index (κ1) is 16.4. The number of carbonyl (C=O) groups is 1. The highest BCUT2D eigenvalue weighted by Crippen LogP contribution is 2.29. The molecular weight excluding hydrogens is 310 g/mol. The summed E-state index contributed by atoms with van der Waals surface area (Å²) in [6, 6.07) is 4.32. The van der Waals surface area contributed by atoms with Gasteiger partial charge in [0, 0.05) is 6.08 Å². The van der Waals surface area contributed by atoms with E-state index < -0.39 is 12.5 Å². The molecule has 1 aromatic carbocycles. The zero-order valence-electron chi connectivity index (χ0n) is 12.3. The van der Waals surface area contributed by atoms with E-state index in [1.165, 1.54) is 37.5 Å². The monoisotopic (exact) mass is 324 g/mol. The normalized spacial score (nSPS) is 11.0. The van der Waals surface area contributed by atoms with Crippen LogP contribution in [0.1, 0.15) is 11.4 Å². The van der Waals surface area contributed by atoms with Crippen molar-refractivity contribution in [1.29, 1.82) is 0 Å². The number of rotatable bonds is 6. The van der Waals surface area contributed by atoms with Gasteiger partial charge in [-0.2, -0.15) is 13.8 Å². The van der Waals surface area contributed by atoms with Gasteiger partial charge in [0.1, 0.15) is 5.82 Å².